The van der Waals surface area contributed by atoms with E-state index in [4.69, 9.17) is 14.2 Å². The lowest BCUT2D eigenvalue weighted by atomic mass is 10.0. The number of rotatable bonds is 66. The van der Waals surface area contributed by atoms with Gasteiger partial charge in [-0.1, -0.05) is 374 Å². The first kappa shape index (κ1) is 74.4. The van der Waals surface area contributed by atoms with Crippen molar-refractivity contribution in [1.29, 1.82) is 0 Å². The normalized spacial score (nSPS) is 11.9. The van der Waals surface area contributed by atoms with Gasteiger partial charge in [-0.2, -0.15) is 0 Å². The van der Waals surface area contributed by atoms with Gasteiger partial charge in [0.2, 0.25) is 0 Å². The molecule has 0 fully saturated rings. The predicted octanol–water partition coefficient (Wildman–Crippen LogP) is 23.8. The molecule has 6 heteroatoms. The Hall–Kier alpha value is -1.59. The Morgan fingerprint density at radius 1 is 0.211 bits per heavy atom. The molecule has 0 rings (SSSR count). The summed E-state index contributed by atoms with van der Waals surface area (Å²) >= 11 is 0. The lowest BCUT2D eigenvalue weighted by molar-refractivity contribution is -0.167. The molecule has 0 aliphatic rings. The number of ether oxygens (including phenoxy) is 3. The van der Waals surface area contributed by atoms with Gasteiger partial charge >= 0.3 is 17.9 Å². The molecule has 6 nitrogen and oxygen atoms in total. The van der Waals surface area contributed by atoms with E-state index in [9.17, 15) is 14.4 Å². The summed E-state index contributed by atoms with van der Waals surface area (Å²) in [5, 5.41) is 0. The first-order chi connectivity index (χ1) is 37.5. The van der Waals surface area contributed by atoms with Crippen LogP contribution in [-0.2, 0) is 28.6 Å². The minimum atomic E-state index is -0.763. The monoisotopic (exact) mass is 1070 g/mol. The molecule has 0 aromatic rings. The van der Waals surface area contributed by atoms with Crippen molar-refractivity contribution in [3.05, 3.63) is 0 Å². The lowest BCUT2D eigenvalue weighted by Gasteiger charge is -2.18. The van der Waals surface area contributed by atoms with Gasteiger partial charge in [-0.15, -0.1) is 0 Å². The zero-order chi connectivity index (χ0) is 55.0. The molecule has 0 bridgehead atoms. The number of carbonyl (C=O) groups excluding carboxylic acids is 3. The van der Waals surface area contributed by atoms with E-state index in [1.165, 1.54) is 315 Å². The van der Waals surface area contributed by atoms with Crippen LogP contribution in [0.4, 0.5) is 0 Å². The lowest BCUT2D eigenvalue weighted by Crippen LogP contribution is -2.30. The van der Waals surface area contributed by atoms with Gasteiger partial charge in [0.1, 0.15) is 13.2 Å². The zero-order valence-corrected chi connectivity index (χ0v) is 52.1. The van der Waals surface area contributed by atoms with Crippen LogP contribution in [0.25, 0.3) is 0 Å². The maximum Gasteiger partial charge on any atom is 0.306 e. The highest BCUT2D eigenvalue weighted by Gasteiger charge is 2.19. The van der Waals surface area contributed by atoms with Gasteiger partial charge in [-0.3, -0.25) is 14.4 Å². The highest BCUT2D eigenvalue weighted by Crippen LogP contribution is 2.19. The van der Waals surface area contributed by atoms with Crippen LogP contribution in [0.3, 0.4) is 0 Å². The molecule has 0 spiro atoms. The van der Waals surface area contributed by atoms with E-state index in [-0.39, 0.29) is 31.1 Å². The third-order valence-corrected chi connectivity index (χ3v) is 16.4. The summed E-state index contributed by atoms with van der Waals surface area (Å²) in [6.07, 6.45) is 77.0. The molecule has 0 amide bonds. The Kier molecular flexibility index (Phi) is 64.5. The Bertz CT molecular complexity index is 1140. The summed E-state index contributed by atoms with van der Waals surface area (Å²) in [7, 11) is 0. The van der Waals surface area contributed by atoms with Gasteiger partial charge in [-0.25, -0.2) is 0 Å². The van der Waals surface area contributed by atoms with Crippen molar-refractivity contribution in [1.82, 2.24) is 0 Å². The minimum Gasteiger partial charge on any atom is -0.462 e. The van der Waals surface area contributed by atoms with Crippen LogP contribution < -0.4 is 0 Å². The molecular weight excluding hydrogens is 937 g/mol. The molecule has 0 aliphatic carbocycles. The number of unbranched alkanes of at least 4 members (excludes halogenated alkanes) is 55. The zero-order valence-electron chi connectivity index (χ0n) is 52.1. The van der Waals surface area contributed by atoms with Gasteiger partial charge in [0.25, 0.3) is 0 Å². The van der Waals surface area contributed by atoms with Crippen LogP contribution in [0.2, 0.25) is 0 Å². The van der Waals surface area contributed by atoms with Crippen LogP contribution in [0.1, 0.15) is 412 Å². The second kappa shape index (κ2) is 65.9. The van der Waals surface area contributed by atoms with Crippen LogP contribution in [0.5, 0.6) is 0 Å². The highest BCUT2D eigenvalue weighted by atomic mass is 16.6. The molecule has 0 aliphatic heterocycles. The van der Waals surface area contributed by atoms with Crippen molar-refractivity contribution in [3.63, 3.8) is 0 Å². The van der Waals surface area contributed by atoms with Crippen molar-refractivity contribution in [2.45, 2.75) is 419 Å². The Morgan fingerprint density at radius 3 is 0.526 bits per heavy atom. The molecule has 0 saturated carbocycles. The number of carbonyl (C=O) groups is 3. The van der Waals surface area contributed by atoms with Crippen LogP contribution in [0, 0.1) is 0 Å². The van der Waals surface area contributed by atoms with Gasteiger partial charge in [0.05, 0.1) is 0 Å². The first-order valence-electron chi connectivity index (χ1n) is 35.0. The van der Waals surface area contributed by atoms with Crippen molar-refractivity contribution in [3.8, 4) is 0 Å². The Balaban J connectivity index is 4.24. The topological polar surface area (TPSA) is 78.9 Å². The summed E-state index contributed by atoms with van der Waals surface area (Å²) < 4.78 is 17.0. The largest absolute Gasteiger partial charge is 0.462 e. The first-order valence-corrected chi connectivity index (χ1v) is 35.0. The van der Waals surface area contributed by atoms with E-state index < -0.39 is 6.10 Å². The molecule has 0 aromatic carbocycles. The Morgan fingerprint density at radius 2 is 0.355 bits per heavy atom. The Labute approximate surface area is 476 Å². The average Bonchev–Trinajstić information content (AvgIpc) is 3.42. The standard InChI is InChI=1S/C70H136O6/c1-4-7-10-13-16-19-22-25-28-31-33-34-35-36-37-40-42-45-48-51-54-57-60-63-69(72)75-66-67(65-74-68(71)62-59-56-53-50-47-44-41-38-30-27-24-21-18-15-12-9-6-3)76-70(73)64-61-58-55-52-49-46-43-39-32-29-26-23-20-17-14-11-8-5-2/h67H,4-66H2,1-3H3. The van der Waals surface area contributed by atoms with E-state index in [0.717, 1.165) is 57.8 Å². The third kappa shape index (κ3) is 63.2. The summed E-state index contributed by atoms with van der Waals surface area (Å²) in [6.45, 7) is 6.75. The number of hydrogen-bond donors (Lipinski definition) is 0. The van der Waals surface area contributed by atoms with Gasteiger partial charge < -0.3 is 14.2 Å². The van der Waals surface area contributed by atoms with E-state index >= 15 is 0 Å². The van der Waals surface area contributed by atoms with E-state index in [1.807, 2.05) is 0 Å². The fourth-order valence-corrected chi connectivity index (χ4v) is 11.1. The van der Waals surface area contributed by atoms with Gasteiger partial charge in [0.15, 0.2) is 6.10 Å². The summed E-state index contributed by atoms with van der Waals surface area (Å²) in [6, 6.07) is 0. The van der Waals surface area contributed by atoms with E-state index in [0.29, 0.717) is 19.3 Å². The molecule has 0 aromatic heterocycles. The van der Waals surface area contributed by atoms with Crippen molar-refractivity contribution >= 4 is 17.9 Å². The highest BCUT2D eigenvalue weighted by molar-refractivity contribution is 5.71. The fraction of sp³-hybridized carbons (Fsp3) is 0.957. The molecule has 0 saturated heterocycles. The predicted molar refractivity (Wildman–Crippen MR) is 330 cm³/mol. The molecule has 0 radical (unpaired) electrons. The fourth-order valence-electron chi connectivity index (χ4n) is 11.1. The van der Waals surface area contributed by atoms with Crippen LogP contribution >= 0.6 is 0 Å². The quantitative estimate of drug-likeness (QED) is 0.0343. The molecule has 0 heterocycles. The average molecular weight is 1070 g/mol. The molecule has 76 heavy (non-hydrogen) atoms. The number of esters is 3. The molecular formula is C70H136O6. The molecule has 1 atom stereocenters. The second-order valence-electron chi connectivity index (χ2n) is 24.2. The third-order valence-electron chi connectivity index (χ3n) is 16.4. The van der Waals surface area contributed by atoms with Gasteiger partial charge in [-0.05, 0) is 19.3 Å². The van der Waals surface area contributed by atoms with E-state index in [1.54, 1.807) is 0 Å². The smallest absolute Gasteiger partial charge is 0.306 e. The summed E-state index contributed by atoms with van der Waals surface area (Å²) in [4.78, 5) is 38.4. The van der Waals surface area contributed by atoms with Gasteiger partial charge in [0, 0.05) is 19.3 Å². The van der Waals surface area contributed by atoms with Crippen molar-refractivity contribution in [2.75, 3.05) is 13.2 Å². The SMILES string of the molecule is CCCCCCCCCCCCCCCCCCCCCCCCCC(=O)OCC(COC(=O)CCCCCCCCCCCCCCCCCCC)OC(=O)CCCCCCCCCCCCCCCCCCCC. The van der Waals surface area contributed by atoms with Crippen LogP contribution in [0.15, 0.2) is 0 Å². The molecule has 1 unspecified atom stereocenters. The molecule has 0 N–H and O–H groups in total. The van der Waals surface area contributed by atoms with Crippen molar-refractivity contribution in [2.24, 2.45) is 0 Å². The molecule has 452 valence electrons. The summed E-state index contributed by atoms with van der Waals surface area (Å²) in [5.74, 6) is -0.818. The van der Waals surface area contributed by atoms with Crippen LogP contribution in [-0.4, -0.2) is 37.2 Å². The van der Waals surface area contributed by atoms with E-state index in [2.05, 4.69) is 20.8 Å². The van der Waals surface area contributed by atoms with Crippen molar-refractivity contribution < 1.29 is 28.6 Å². The maximum atomic E-state index is 12.9. The maximum absolute atomic E-state index is 12.9. The number of hydrogen-bond acceptors (Lipinski definition) is 6. The summed E-state index contributed by atoms with van der Waals surface area (Å²) in [5.41, 5.74) is 0. The second-order valence-corrected chi connectivity index (χ2v) is 24.2. The minimum absolute atomic E-state index is 0.0601.